The highest BCUT2D eigenvalue weighted by molar-refractivity contribution is 7.90. The van der Waals surface area contributed by atoms with Crippen LogP contribution in [0.3, 0.4) is 0 Å². The number of hydrogen-bond acceptors (Lipinski definition) is 6. The van der Waals surface area contributed by atoms with Crippen molar-refractivity contribution in [3.8, 4) is 0 Å². The van der Waals surface area contributed by atoms with Crippen LogP contribution in [0, 0.1) is 0 Å². The summed E-state index contributed by atoms with van der Waals surface area (Å²) in [7, 11) is -3.71. The van der Waals surface area contributed by atoms with E-state index in [9.17, 15) is 18.0 Å². The molecule has 8 nitrogen and oxygen atoms in total. The van der Waals surface area contributed by atoms with Crippen molar-refractivity contribution in [1.29, 1.82) is 0 Å². The number of benzene rings is 2. The Morgan fingerprint density at radius 1 is 1.10 bits per heavy atom. The molecule has 0 bridgehead atoms. The zero-order valence-corrected chi connectivity index (χ0v) is 17.1. The summed E-state index contributed by atoms with van der Waals surface area (Å²) in [5, 5.41) is 3.14. The van der Waals surface area contributed by atoms with Crippen molar-refractivity contribution >= 4 is 45.0 Å². The Morgan fingerprint density at radius 2 is 1.76 bits per heavy atom. The van der Waals surface area contributed by atoms with Crippen LogP contribution >= 0.6 is 11.6 Å². The first kappa shape index (κ1) is 20.8. The van der Waals surface area contributed by atoms with Crippen LogP contribution in [0.1, 0.15) is 19.4 Å². The number of esters is 1. The number of sulfonamides is 1. The average Bonchev–Trinajstić information content (AvgIpc) is 2.94. The summed E-state index contributed by atoms with van der Waals surface area (Å²) in [5.74, 6) is -1.23. The normalized spacial score (nSPS) is 17.7. The lowest BCUT2D eigenvalue weighted by molar-refractivity contribution is -0.153. The number of carbonyl (C=O) groups excluding carboxylic acids is 2. The van der Waals surface area contributed by atoms with E-state index >= 15 is 0 Å². The van der Waals surface area contributed by atoms with Gasteiger partial charge < -0.3 is 10.1 Å². The van der Waals surface area contributed by atoms with E-state index in [2.05, 4.69) is 15.0 Å². The average molecular weight is 436 g/mol. The third-order valence-corrected chi connectivity index (χ3v) is 5.75. The molecule has 0 radical (unpaired) electrons. The van der Waals surface area contributed by atoms with Crippen LogP contribution < -0.4 is 10.0 Å². The standard InChI is InChI=1S/C19H18ClN3O5S/c1-11(21-17-15-5-3-4-6-16(15)29(26,27)23-17)19(25)28-12(2)18(24)22-14-9-7-13(20)8-10-14/h3-12H,1-2H3,(H,21,23)(H,22,24)/t11-,12-/m1/s1. The van der Waals surface area contributed by atoms with E-state index in [1.165, 1.54) is 19.9 Å². The fraction of sp³-hybridized carbons (Fsp3) is 0.211. The molecular weight excluding hydrogens is 418 g/mol. The highest BCUT2D eigenvalue weighted by atomic mass is 35.5. The summed E-state index contributed by atoms with van der Waals surface area (Å²) in [6.07, 6.45) is -1.08. The van der Waals surface area contributed by atoms with E-state index in [0.717, 1.165) is 0 Å². The van der Waals surface area contributed by atoms with Gasteiger partial charge in [0.05, 0.1) is 4.90 Å². The fourth-order valence-electron chi connectivity index (χ4n) is 2.58. The highest BCUT2D eigenvalue weighted by Gasteiger charge is 2.31. The molecule has 0 spiro atoms. The van der Waals surface area contributed by atoms with Crippen molar-refractivity contribution < 1.29 is 22.7 Å². The molecule has 1 amide bonds. The molecule has 0 saturated heterocycles. The number of hydrogen-bond donors (Lipinski definition) is 2. The summed E-state index contributed by atoms with van der Waals surface area (Å²) in [5.41, 5.74) is 0.883. The second-order valence-corrected chi connectivity index (χ2v) is 8.42. The number of carbonyl (C=O) groups is 2. The molecule has 0 fully saturated rings. The van der Waals surface area contributed by atoms with Crippen molar-refractivity contribution in [2.45, 2.75) is 30.9 Å². The predicted molar refractivity (Wildman–Crippen MR) is 108 cm³/mol. The summed E-state index contributed by atoms with van der Waals surface area (Å²) >= 11 is 5.80. The molecule has 1 aliphatic heterocycles. The monoisotopic (exact) mass is 435 g/mol. The lowest BCUT2D eigenvalue weighted by Gasteiger charge is -2.15. The van der Waals surface area contributed by atoms with Gasteiger partial charge in [-0.1, -0.05) is 23.7 Å². The van der Waals surface area contributed by atoms with Gasteiger partial charge in [-0.15, -0.1) is 0 Å². The first-order valence-electron chi connectivity index (χ1n) is 8.64. The Morgan fingerprint density at radius 3 is 2.45 bits per heavy atom. The number of halogens is 1. The van der Waals surface area contributed by atoms with Gasteiger partial charge in [0.15, 0.2) is 6.10 Å². The molecule has 2 aromatic carbocycles. The summed E-state index contributed by atoms with van der Waals surface area (Å²) < 4.78 is 31.7. The van der Waals surface area contributed by atoms with Crippen molar-refractivity contribution in [2.75, 3.05) is 5.32 Å². The van der Waals surface area contributed by atoms with E-state index in [1.807, 2.05) is 0 Å². The molecule has 10 heteroatoms. The van der Waals surface area contributed by atoms with Crippen LogP contribution in [-0.4, -0.2) is 38.3 Å². The first-order chi connectivity index (χ1) is 13.7. The number of amides is 1. The number of amidine groups is 1. The molecule has 2 atom stereocenters. The number of ether oxygens (including phenoxy) is 1. The minimum absolute atomic E-state index is 0.0586. The molecule has 0 unspecified atom stereocenters. The van der Waals surface area contributed by atoms with Crippen LogP contribution in [-0.2, 0) is 24.3 Å². The second-order valence-electron chi connectivity index (χ2n) is 6.33. The predicted octanol–water partition coefficient (Wildman–Crippen LogP) is 2.34. The maximum Gasteiger partial charge on any atom is 0.331 e. The molecule has 1 aliphatic rings. The van der Waals surface area contributed by atoms with Crippen LogP contribution in [0.2, 0.25) is 5.02 Å². The Bertz CT molecular complexity index is 1080. The number of aliphatic imine (C=N–C) groups is 1. The molecule has 0 aliphatic carbocycles. The van der Waals surface area contributed by atoms with E-state index in [-0.39, 0.29) is 10.7 Å². The van der Waals surface area contributed by atoms with Crippen molar-refractivity contribution in [3.63, 3.8) is 0 Å². The SMILES string of the molecule is C[C@@H](N=C1NS(=O)(=O)c2ccccc21)C(=O)O[C@H](C)C(=O)Nc1ccc(Cl)cc1. The Hall–Kier alpha value is -2.91. The first-order valence-corrected chi connectivity index (χ1v) is 10.5. The Kier molecular flexibility index (Phi) is 5.90. The largest absolute Gasteiger partial charge is 0.451 e. The third-order valence-electron chi connectivity index (χ3n) is 4.10. The van der Waals surface area contributed by atoms with E-state index in [4.69, 9.17) is 16.3 Å². The Labute approximate surface area is 173 Å². The van der Waals surface area contributed by atoms with Gasteiger partial charge in [0.1, 0.15) is 11.9 Å². The molecule has 2 N–H and O–H groups in total. The highest BCUT2D eigenvalue weighted by Crippen LogP contribution is 2.22. The van der Waals surface area contributed by atoms with Gasteiger partial charge in [-0.25, -0.2) is 13.2 Å². The molecule has 0 saturated carbocycles. The molecule has 3 rings (SSSR count). The zero-order valence-electron chi connectivity index (χ0n) is 15.5. The molecular formula is C19H18ClN3O5S. The lowest BCUT2D eigenvalue weighted by atomic mass is 10.2. The van der Waals surface area contributed by atoms with Crippen LogP contribution in [0.4, 0.5) is 5.69 Å². The number of rotatable bonds is 5. The summed E-state index contributed by atoms with van der Waals surface area (Å²) in [4.78, 5) is 28.7. The second kappa shape index (κ2) is 8.22. The van der Waals surface area contributed by atoms with Gasteiger partial charge in [-0.05, 0) is 50.2 Å². The molecule has 2 aromatic rings. The van der Waals surface area contributed by atoms with Crippen LogP contribution in [0.15, 0.2) is 58.4 Å². The van der Waals surface area contributed by atoms with Gasteiger partial charge in [0.25, 0.3) is 15.9 Å². The summed E-state index contributed by atoms with van der Waals surface area (Å²) in [6.45, 7) is 2.88. The van der Waals surface area contributed by atoms with E-state index in [1.54, 1.807) is 42.5 Å². The number of nitrogens with one attached hydrogen (secondary N) is 2. The number of fused-ring (bicyclic) bond motifs is 1. The summed E-state index contributed by atoms with van der Waals surface area (Å²) in [6, 6.07) is 11.8. The zero-order chi connectivity index (χ0) is 21.2. The van der Waals surface area contributed by atoms with Crippen molar-refractivity contribution in [1.82, 2.24) is 4.72 Å². The molecule has 152 valence electrons. The fourth-order valence-corrected chi connectivity index (χ4v) is 3.94. The Balaban J connectivity index is 1.65. The van der Waals surface area contributed by atoms with Gasteiger partial charge >= 0.3 is 5.97 Å². The van der Waals surface area contributed by atoms with E-state index < -0.39 is 34.0 Å². The van der Waals surface area contributed by atoms with Gasteiger partial charge in [-0.2, -0.15) is 0 Å². The van der Waals surface area contributed by atoms with Gasteiger partial charge in [0, 0.05) is 16.3 Å². The smallest absolute Gasteiger partial charge is 0.331 e. The van der Waals surface area contributed by atoms with Gasteiger partial charge in [0.2, 0.25) is 0 Å². The quantitative estimate of drug-likeness (QED) is 0.699. The van der Waals surface area contributed by atoms with Crippen LogP contribution in [0.25, 0.3) is 0 Å². The maximum absolute atomic E-state index is 12.3. The van der Waals surface area contributed by atoms with Gasteiger partial charge in [-0.3, -0.25) is 14.5 Å². The van der Waals surface area contributed by atoms with Crippen molar-refractivity contribution in [3.05, 3.63) is 59.1 Å². The topological polar surface area (TPSA) is 114 Å². The number of anilines is 1. The minimum atomic E-state index is -3.71. The van der Waals surface area contributed by atoms with Crippen LogP contribution in [0.5, 0.6) is 0 Å². The lowest BCUT2D eigenvalue weighted by Crippen LogP contribution is -2.33. The third kappa shape index (κ3) is 4.75. The molecule has 0 aromatic heterocycles. The minimum Gasteiger partial charge on any atom is -0.451 e. The van der Waals surface area contributed by atoms with Crippen molar-refractivity contribution in [2.24, 2.45) is 4.99 Å². The molecule has 1 heterocycles. The number of nitrogens with zero attached hydrogens (tertiary/aromatic N) is 1. The van der Waals surface area contributed by atoms with E-state index in [0.29, 0.717) is 16.3 Å². The molecule has 29 heavy (non-hydrogen) atoms. The maximum atomic E-state index is 12.3.